The van der Waals surface area contributed by atoms with Gasteiger partial charge < -0.3 is 5.32 Å². The van der Waals surface area contributed by atoms with Gasteiger partial charge in [0.2, 0.25) is 5.91 Å². The van der Waals surface area contributed by atoms with Crippen LogP contribution in [0.15, 0.2) is 53.9 Å². The highest BCUT2D eigenvalue weighted by Crippen LogP contribution is 2.25. The summed E-state index contributed by atoms with van der Waals surface area (Å²) in [7, 11) is 0. The Labute approximate surface area is 148 Å². The fourth-order valence-corrected chi connectivity index (χ4v) is 3.20. The Bertz CT molecular complexity index is 1040. The molecule has 7 heteroatoms. The van der Waals surface area contributed by atoms with Crippen molar-refractivity contribution >= 4 is 28.6 Å². The average Bonchev–Trinajstić information content (AvgIpc) is 3.30. The van der Waals surface area contributed by atoms with Gasteiger partial charge in [0.05, 0.1) is 10.6 Å². The van der Waals surface area contributed by atoms with Crippen molar-refractivity contribution in [1.82, 2.24) is 19.8 Å². The van der Waals surface area contributed by atoms with Crippen LogP contribution in [-0.2, 0) is 4.79 Å². The normalized spacial score (nSPS) is 10.9. The fraction of sp³-hybridized carbons (Fsp3) is 0.111. The van der Waals surface area contributed by atoms with Crippen molar-refractivity contribution in [3.8, 4) is 22.0 Å². The lowest BCUT2D eigenvalue weighted by Crippen LogP contribution is -2.09. The third-order valence-corrected chi connectivity index (χ3v) is 4.63. The number of hydrogen-bond donors (Lipinski definition) is 1. The molecule has 0 aliphatic rings. The number of benzene rings is 1. The lowest BCUT2D eigenvalue weighted by Gasteiger charge is -2.07. The van der Waals surface area contributed by atoms with E-state index in [9.17, 15) is 4.79 Å². The molecule has 3 heterocycles. The van der Waals surface area contributed by atoms with E-state index in [1.807, 2.05) is 60.8 Å². The summed E-state index contributed by atoms with van der Waals surface area (Å²) in [6.45, 7) is 1.83. The monoisotopic (exact) mass is 349 g/mol. The Kier molecular flexibility index (Phi) is 3.99. The highest BCUT2D eigenvalue weighted by molar-refractivity contribution is 7.13. The number of rotatable bonds is 4. The SMILES string of the molecule is CCC(=O)Nc1cccc(-c2ccc3nnc(-c4cccs4)n3n2)c1. The van der Waals surface area contributed by atoms with E-state index in [1.54, 1.807) is 15.9 Å². The molecule has 0 aliphatic carbocycles. The Morgan fingerprint density at radius 1 is 1.16 bits per heavy atom. The van der Waals surface area contributed by atoms with Crippen molar-refractivity contribution in [1.29, 1.82) is 0 Å². The summed E-state index contributed by atoms with van der Waals surface area (Å²) >= 11 is 1.60. The van der Waals surface area contributed by atoms with E-state index in [0.717, 1.165) is 27.6 Å². The van der Waals surface area contributed by atoms with Gasteiger partial charge in [0.25, 0.3) is 0 Å². The third kappa shape index (κ3) is 3.01. The maximum atomic E-state index is 11.6. The molecule has 124 valence electrons. The molecule has 1 amide bonds. The van der Waals surface area contributed by atoms with Crippen LogP contribution in [0.5, 0.6) is 0 Å². The van der Waals surface area contributed by atoms with Crippen molar-refractivity contribution in [2.24, 2.45) is 0 Å². The Morgan fingerprint density at radius 3 is 2.88 bits per heavy atom. The van der Waals surface area contributed by atoms with Crippen molar-refractivity contribution in [2.45, 2.75) is 13.3 Å². The van der Waals surface area contributed by atoms with Gasteiger partial charge in [-0.05, 0) is 35.7 Å². The van der Waals surface area contributed by atoms with Crippen LogP contribution in [-0.4, -0.2) is 25.7 Å². The number of thiophene rings is 1. The molecule has 4 rings (SSSR count). The maximum Gasteiger partial charge on any atom is 0.224 e. The summed E-state index contributed by atoms with van der Waals surface area (Å²) in [5.74, 6) is 0.710. The molecule has 3 aromatic heterocycles. The summed E-state index contributed by atoms with van der Waals surface area (Å²) in [4.78, 5) is 12.6. The second-order valence-corrected chi connectivity index (χ2v) is 6.42. The molecule has 0 radical (unpaired) electrons. The van der Waals surface area contributed by atoms with E-state index in [2.05, 4.69) is 20.6 Å². The smallest absolute Gasteiger partial charge is 0.224 e. The van der Waals surface area contributed by atoms with Gasteiger partial charge in [0.1, 0.15) is 0 Å². The zero-order chi connectivity index (χ0) is 17.2. The van der Waals surface area contributed by atoms with Gasteiger partial charge in [-0.15, -0.1) is 21.5 Å². The van der Waals surface area contributed by atoms with E-state index in [-0.39, 0.29) is 5.91 Å². The fourth-order valence-electron chi connectivity index (χ4n) is 2.51. The summed E-state index contributed by atoms with van der Waals surface area (Å²) in [5, 5.41) is 18.0. The predicted molar refractivity (Wildman–Crippen MR) is 98.5 cm³/mol. The molecule has 0 unspecified atom stereocenters. The van der Waals surface area contributed by atoms with Gasteiger partial charge in [-0.2, -0.15) is 9.61 Å². The second-order valence-electron chi connectivity index (χ2n) is 5.47. The number of fused-ring (bicyclic) bond motifs is 1. The van der Waals surface area contributed by atoms with Gasteiger partial charge in [-0.1, -0.05) is 25.1 Å². The number of carbonyl (C=O) groups excluding carboxylic acids is 1. The number of hydrogen-bond acceptors (Lipinski definition) is 5. The number of nitrogens with zero attached hydrogens (tertiary/aromatic N) is 4. The molecule has 25 heavy (non-hydrogen) atoms. The molecule has 6 nitrogen and oxygen atoms in total. The molecule has 1 aromatic carbocycles. The molecule has 0 aliphatic heterocycles. The predicted octanol–water partition coefficient (Wildman–Crippen LogP) is 3.87. The quantitative estimate of drug-likeness (QED) is 0.607. The first kappa shape index (κ1) is 15.5. The van der Waals surface area contributed by atoms with Crippen LogP contribution in [0.1, 0.15) is 13.3 Å². The number of aromatic nitrogens is 4. The molecule has 0 spiro atoms. The Balaban J connectivity index is 1.76. The van der Waals surface area contributed by atoms with Gasteiger partial charge in [-0.25, -0.2) is 0 Å². The maximum absolute atomic E-state index is 11.6. The van der Waals surface area contributed by atoms with Gasteiger partial charge in [0, 0.05) is 17.7 Å². The van der Waals surface area contributed by atoms with Crippen LogP contribution < -0.4 is 5.32 Å². The van der Waals surface area contributed by atoms with Crippen LogP contribution in [0.3, 0.4) is 0 Å². The van der Waals surface area contributed by atoms with Gasteiger partial charge in [-0.3, -0.25) is 4.79 Å². The molecule has 4 aromatic rings. The van der Waals surface area contributed by atoms with E-state index in [0.29, 0.717) is 12.1 Å². The first-order chi connectivity index (χ1) is 12.2. The van der Waals surface area contributed by atoms with Gasteiger partial charge >= 0.3 is 0 Å². The van der Waals surface area contributed by atoms with E-state index in [1.165, 1.54) is 0 Å². The lowest BCUT2D eigenvalue weighted by atomic mass is 10.1. The molecule has 0 saturated carbocycles. The van der Waals surface area contributed by atoms with Crippen LogP contribution in [0, 0.1) is 0 Å². The molecule has 0 saturated heterocycles. The van der Waals surface area contributed by atoms with Crippen molar-refractivity contribution in [2.75, 3.05) is 5.32 Å². The second kappa shape index (κ2) is 6.45. The Morgan fingerprint density at radius 2 is 2.08 bits per heavy atom. The highest BCUT2D eigenvalue weighted by atomic mass is 32.1. The summed E-state index contributed by atoms with van der Waals surface area (Å²) < 4.78 is 1.75. The number of nitrogens with one attached hydrogen (secondary N) is 1. The summed E-state index contributed by atoms with van der Waals surface area (Å²) in [5.41, 5.74) is 3.16. The summed E-state index contributed by atoms with van der Waals surface area (Å²) in [6.07, 6.45) is 0.444. The van der Waals surface area contributed by atoms with E-state index < -0.39 is 0 Å². The van der Waals surface area contributed by atoms with Crippen LogP contribution in [0.2, 0.25) is 0 Å². The number of carbonyl (C=O) groups is 1. The van der Waals surface area contributed by atoms with Crippen molar-refractivity contribution in [3.05, 3.63) is 53.9 Å². The van der Waals surface area contributed by atoms with E-state index >= 15 is 0 Å². The zero-order valence-corrected chi connectivity index (χ0v) is 14.3. The van der Waals surface area contributed by atoms with E-state index in [4.69, 9.17) is 0 Å². The molecule has 0 bridgehead atoms. The third-order valence-electron chi connectivity index (χ3n) is 3.77. The van der Waals surface area contributed by atoms with Crippen LogP contribution in [0.4, 0.5) is 5.69 Å². The number of anilines is 1. The van der Waals surface area contributed by atoms with Crippen molar-refractivity contribution < 1.29 is 4.79 Å². The molecular formula is C18H15N5OS. The van der Waals surface area contributed by atoms with Crippen LogP contribution in [0.25, 0.3) is 27.6 Å². The minimum atomic E-state index is -0.0145. The zero-order valence-electron chi connectivity index (χ0n) is 13.5. The average molecular weight is 349 g/mol. The largest absolute Gasteiger partial charge is 0.326 e. The highest BCUT2D eigenvalue weighted by Gasteiger charge is 2.11. The lowest BCUT2D eigenvalue weighted by molar-refractivity contribution is -0.115. The molecule has 0 atom stereocenters. The van der Waals surface area contributed by atoms with Gasteiger partial charge in [0.15, 0.2) is 11.5 Å². The topological polar surface area (TPSA) is 72.2 Å². The first-order valence-corrected chi connectivity index (χ1v) is 8.79. The standard InChI is InChI=1S/C18H15N5OS/c1-2-17(24)19-13-6-3-5-12(11-13)14-8-9-16-20-21-18(23(16)22-14)15-7-4-10-25-15/h3-11H,2H2,1H3,(H,19,24). The first-order valence-electron chi connectivity index (χ1n) is 7.91. The molecule has 0 fully saturated rings. The summed E-state index contributed by atoms with van der Waals surface area (Å²) in [6, 6.07) is 15.4. The number of amides is 1. The minimum Gasteiger partial charge on any atom is -0.326 e. The molecular weight excluding hydrogens is 334 g/mol. The Hall–Kier alpha value is -3.06. The minimum absolute atomic E-state index is 0.0145. The molecule has 1 N–H and O–H groups in total. The van der Waals surface area contributed by atoms with Crippen LogP contribution >= 0.6 is 11.3 Å². The van der Waals surface area contributed by atoms with Crippen molar-refractivity contribution in [3.63, 3.8) is 0 Å².